The summed E-state index contributed by atoms with van der Waals surface area (Å²) in [5.41, 5.74) is 2.93. The summed E-state index contributed by atoms with van der Waals surface area (Å²) in [7, 11) is -3.80. The number of nitrogens with one attached hydrogen (secondary N) is 1. The van der Waals surface area contributed by atoms with Crippen molar-refractivity contribution < 1.29 is 17.9 Å². The molecular formula is C21H27ClN2O4S. The zero-order valence-corrected chi connectivity index (χ0v) is 18.9. The first-order valence-electron chi connectivity index (χ1n) is 9.41. The van der Waals surface area contributed by atoms with Crippen molar-refractivity contribution in [1.82, 2.24) is 4.83 Å². The smallest absolute Gasteiger partial charge is 0.277 e. The molecule has 0 saturated heterocycles. The van der Waals surface area contributed by atoms with E-state index in [1.54, 1.807) is 26.0 Å². The van der Waals surface area contributed by atoms with E-state index < -0.39 is 10.0 Å². The molecule has 6 nitrogen and oxygen atoms in total. The quantitative estimate of drug-likeness (QED) is 0.452. The van der Waals surface area contributed by atoms with E-state index in [9.17, 15) is 8.42 Å². The van der Waals surface area contributed by atoms with Crippen LogP contribution < -0.4 is 14.3 Å². The van der Waals surface area contributed by atoms with Crippen molar-refractivity contribution in [2.45, 2.75) is 45.9 Å². The highest BCUT2D eigenvalue weighted by Crippen LogP contribution is 2.36. The SMILES string of the molecule is CCCOc1c(Cl)cc(/C=N/NS(=O)(=O)c2c(C)cc(C)cc2C)cc1OCC. The molecule has 0 aromatic heterocycles. The second-order valence-corrected chi connectivity index (χ2v) is 8.70. The van der Waals surface area contributed by atoms with Gasteiger partial charge in [0.05, 0.1) is 29.3 Å². The predicted molar refractivity (Wildman–Crippen MR) is 117 cm³/mol. The van der Waals surface area contributed by atoms with E-state index in [1.807, 2.05) is 32.9 Å². The number of ether oxygens (including phenoxy) is 2. The first kappa shape index (κ1) is 23.0. The van der Waals surface area contributed by atoms with Crippen LogP contribution in [0.3, 0.4) is 0 Å². The van der Waals surface area contributed by atoms with Crippen LogP contribution in [0.4, 0.5) is 0 Å². The third-order valence-electron chi connectivity index (χ3n) is 4.04. The van der Waals surface area contributed by atoms with E-state index in [1.165, 1.54) is 6.21 Å². The Morgan fingerprint density at radius 1 is 1.07 bits per heavy atom. The Balaban J connectivity index is 2.28. The highest BCUT2D eigenvalue weighted by Gasteiger charge is 2.19. The molecule has 0 atom stereocenters. The summed E-state index contributed by atoms with van der Waals surface area (Å²) < 4.78 is 36.6. The average Bonchev–Trinajstić information content (AvgIpc) is 2.60. The molecular weight excluding hydrogens is 412 g/mol. The molecule has 0 aliphatic heterocycles. The lowest BCUT2D eigenvalue weighted by atomic mass is 10.1. The number of aryl methyl sites for hydroxylation is 3. The number of hydrogen-bond acceptors (Lipinski definition) is 5. The van der Waals surface area contributed by atoms with Crippen LogP contribution in [-0.4, -0.2) is 27.8 Å². The van der Waals surface area contributed by atoms with Crippen molar-refractivity contribution in [1.29, 1.82) is 0 Å². The van der Waals surface area contributed by atoms with Crippen LogP contribution in [0.5, 0.6) is 11.5 Å². The molecule has 158 valence electrons. The third-order valence-corrected chi connectivity index (χ3v) is 5.85. The van der Waals surface area contributed by atoms with Gasteiger partial charge < -0.3 is 9.47 Å². The molecule has 0 spiro atoms. The van der Waals surface area contributed by atoms with Gasteiger partial charge in [0.15, 0.2) is 11.5 Å². The van der Waals surface area contributed by atoms with E-state index >= 15 is 0 Å². The largest absolute Gasteiger partial charge is 0.490 e. The first-order chi connectivity index (χ1) is 13.7. The molecule has 0 aliphatic carbocycles. The van der Waals surface area contributed by atoms with Crippen molar-refractivity contribution >= 4 is 27.8 Å². The summed E-state index contributed by atoms with van der Waals surface area (Å²) in [5, 5.41) is 4.28. The Kier molecular flexibility index (Phi) is 7.93. The van der Waals surface area contributed by atoms with Crippen LogP contribution in [0.15, 0.2) is 34.3 Å². The molecule has 0 fully saturated rings. The van der Waals surface area contributed by atoms with Crippen LogP contribution in [0, 0.1) is 20.8 Å². The lowest BCUT2D eigenvalue weighted by Gasteiger charge is -2.14. The molecule has 0 radical (unpaired) electrons. The second-order valence-electron chi connectivity index (χ2n) is 6.69. The van der Waals surface area contributed by atoms with Gasteiger partial charge in [0.2, 0.25) is 0 Å². The minimum atomic E-state index is -3.80. The maximum atomic E-state index is 12.7. The van der Waals surface area contributed by atoms with Gasteiger partial charge in [0.1, 0.15) is 0 Å². The van der Waals surface area contributed by atoms with E-state index in [0.29, 0.717) is 46.4 Å². The Hall–Kier alpha value is -2.25. The minimum absolute atomic E-state index is 0.233. The lowest BCUT2D eigenvalue weighted by molar-refractivity contribution is 0.277. The van der Waals surface area contributed by atoms with Crippen molar-refractivity contribution in [2.24, 2.45) is 5.10 Å². The minimum Gasteiger partial charge on any atom is -0.490 e. The van der Waals surface area contributed by atoms with Gasteiger partial charge in [0, 0.05) is 0 Å². The summed E-state index contributed by atoms with van der Waals surface area (Å²) >= 11 is 6.32. The van der Waals surface area contributed by atoms with E-state index in [0.717, 1.165) is 12.0 Å². The molecule has 0 heterocycles. The summed E-state index contributed by atoms with van der Waals surface area (Å²) in [6, 6.07) is 7.01. The van der Waals surface area contributed by atoms with Gasteiger partial charge in [-0.2, -0.15) is 13.5 Å². The Morgan fingerprint density at radius 3 is 2.31 bits per heavy atom. The summed E-state index contributed by atoms with van der Waals surface area (Å²) in [4.78, 5) is 2.50. The number of rotatable bonds is 9. The normalized spacial score (nSPS) is 11.7. The van der Waals surface area contributed by atoms with Gasteiger partial charge in [-0.3, -0.25) is 0 Å². The third kappa shape index (κ3) is 5.87. The molecule has 8 heteroatoms. The van der Waals surface area contributed by atoms with Crippen molar-refractivity contribution in [3.63, 3.8) is 0 Å². The molecule has 0 amide bonds. The maximum Gasteiger partial charge on any atom is 0.277 e. The Bertz CT molecular complexity index is 981. The van der Waals surface area contributed by atoms with E-state index in [-0.39, 0.29) is 4.90 Å². The van der Waals surface area contributed by atoms with Crippen molar-refractivity contribution in [2.75, 3.05) is 13.2 Å². The number of sulfonamides is 1. The predicted octanol–water partition coefficient (Wildman–Crippen LogP) is 4.77. The Morgan fingerprint density at radius 2 is 1.72 bits per heavy atom. The van der Waals surface area contributed by atoms with Crippen molar-refractivity contribution in [3.05, 3.63) is 51.5 Å². The number of halogens is 1. The van der Waals surface area contributed by atoms with Crippen LogP contribution in [0.2, 0.25) is 5.02 Å². The number of benzene rings is 2. The van der Waals surface area contributed by atoms with E-state index in [2.05, 4.69) is 9.93 Å². The van der Waals surface area contributed by atoms with Crippen molar-refractivity contribution in [3.8, 4) is 11.5 Å². The molecule has 2 rings (SSSR count). The summed E-state index contributed by atoms with van der Waals surface area (Å²) in [6.07, 6.45) is 2.22. The molecule has 0 saturated carbocycles. The zero-order valence-electron chi connectivity index (χ0n) is 17.4. The van der Waals surface area contributed by atoms with Crippen LogP contribution in [-0.2, 0) is 10.0 Å². The number of hydrogen-bond donors (Lipinski definition) is 1. The molecule has 2 aromatic rings. The maximum absolute atomic E-state index is 12.7. The first-order valence-corrected chi connectivity index (χ1v) is 11.3. The standard InChI is InChI=1S/C21H27ClN2O4S/c1-6-8-28-20-18(22)11-17(12-19(20)27-7-2)13-23-24-29(25,26)21-15(4)9-14(3)10-16(21)5/h9-13,24H,6-8H2,1-5H3/b23-13+. The van der Waals surface area contributed by atoms with Gasteiger partial charge in [-0.15, -0.1) is 0 Å². The molecule has 0 bridgehead atoms. The van der Waals surface area contributed by atoms with Gasteiger partial charge in [-0.25, -0.2) is 4.83 Å². The van der Waals surface area contributed by atoms with Crippen LogP contribution in [0.25, 0.3) is 0 Å². The van der Waals surface area contributed by atoms with Crippen LogP contribution >= 0.6 is 11.6 Å². The number of hydrazone groups is 1. The van der Waals surface area contributed by atoms with Gasteiger partial charge >= 0.3 is 0 Å². The summed E-state index contributed by atoms with van der Waals surface area (Å²) in [6.45, 7) is 10.3. The topological polar surface area (TPSA) is 77.0 Å². The highest BCUT2D eigenvalue weighted by atomic mass is 35.5. The monoisotopic (exact) mass is 438 g/mol. The van der Waals surface area contributed by atoms with Gasteiger partial charge in [0.25, 0.3) is 10.0 Å². The molecule has 0 unspecified atom stereocenters. The number of nitrogens with zero attached hydrogens (tertiary/aromatic N) is 1. The molecule has 0 aliphatic rings. The van der Waals surface area contributed by atoms with Gasteiger partial charge in [-0.05, 0) is 62.9 Å². The zero-order chi connectivity index (χ0) is 21.6. The fourth-order valence-electron chi connectivity index (χ4n) is 3.08. The highest BCUT2D eigenvalue weighted by molar-refractivity contribution is 7.89. The Labute approximate surface area is 177 Å². The lowest BCUT2D eigenvalue weighted by Crippen LogP contribution is -2.20. The fourth-order valence-corrected chi connectivity index (χ4v) is 4.60. The van der Waals surface area contributed by atoms with Gasteiger partial charge in [-0.1, -0.05) is 36.2 Å². The molecule has 1 N–H and O–H groups in total. The second kappa shape index (κ2) is 9.98. The molecule has 2 aromatic carbocycles. The summed E-state index contributed by atoms with van der Waals surface area (Å²) in [5.74, 6) is 0.960. The average molecular weight is 439 g/mol. The van der Waals surface area contributed by atoms with Crippen LogP contribution in [0.1, 0.15) is 42.5 Å². The fraction of sp³-hybridized carbons (Fsp3) is 0.381. The van der Waals surface area contributed by atoms with E-state index in [4.69, 9.17) is 21.1 Å². The molecule has 29 heavy (non-hydrogen) atoms.